The van der Waals surface area contributed by atoms with Gasteiger partial charge in [-0.15, -0.1) is 0 Å². The van der Waals surface area contributed by atoms with Crippen LogP contribution in [0, 0.1) is 11.6 Å². The molecule has 0 saturated carbocycles. The van der Waals surface area contributed by atoms with E-state index in [1.165, 1.54) is 12.1 Å². The van der Waals surface area contributed by atoms with Crippen molar-refractivity contribution in [1.29, 1.82) is 0 Å². The molecule has 1 amide bonds. The smallest absolute Gasteiger partial charge is 0.235 e. The molecule has 0 aromatic heterocycles. The van der Waals surface area contributed by atoms with Gasteiger partial charge in [0, 0.05) is 11.6 Å². The van der Waals surface area contributed by atoms with E-state index < -0.39 is 39.2 Å². The Kier molecular flexibility index (Phi) is 6.67. The maximum atomic E-state index is 13.5. The fraction of sp³-hybridized carbons (Fsp3) is 0.400. The highest BCUT2D eigenvalue weighted by Crippen LogP contribution is 2.14. The van der Waals surface area contributed by atoms with Crippen molar-refractivity contribution in [3.63, 3.8) is 0 Å². The third-order valence-electron chi connectivity index (χ3n) is 2.92. The van der Waals surface area contributed by atoms with E-state index in [-0.39, 0.29) is 17.7 Å². The fourth-order valence-electron chi connectivity index (χ4n) is 1.90. The predicted octanol–water partition coefficient (Wildman–Crippen LogP) is 2.00. The van der Waals surface area contributed by atoms with E-state index in [1.54, 1.807) is 19.9 Å². The number of carbonyl (C=O) groups is 1. The topological polar surface area (TPSA) is 63.2 Å². The number of sulfone groups is 1. The summed E-state index contributed by atoms with van der Waals surface area (Å²) in [7, 11) is -3.52. The van der Waals surface area contributed by atoms with Gasteiger partial charge in [-0.1, -0.05) is 18.2 Å². The van der Waals surface area contributed by atoms with Crippen LogP contribution in [-0.2, 0) is 21.1 Å². The Hall–Kier alpha value is -1.76. The molecular weight excluding hydrogens is 312 g/mol. The first-order chi connectivity index (χ1) is 10.2. The maximum Gasteiger partial charge on any atom is 0.235 e. The second-order valence-corrected chi connectivity index (χ2v) is 7.11. The van der Waals surface area contributed by atoms with Crippen molar-refractivity contribution < 1.29 is 22.0 Å². The summed E-state index contributed by atoms with van der Waals surface area (Å²) in [4.78, 5) is 11.7. The normalized spacial score (nSPS) is 13.3. The van der Waals surface area contributed by atoms with Crippen molar-refractivity contribution in [3.05, 3.63) is 47.5 Å². The van der Waals surface area contributed by atoms with Crippen LogP contribution in [-0.4, -0.2) is 31.9 Å². The Balaban J connectivity index is 2.62. The van der Waals surface area contributed by atoms with Crippen molar-refractivity contribution in [2.24, 2.45) is 0 Å². The molecule has 1 N–H and O–H groups in total. The predicted molar refractivity (Wildman–Crippen MR) is 81.1 cm³/mol. The van der Waals surface area contributed by atoms with E-state index in [1.807, 2.05) is 0 Å². The first-order valence-corrected chi connectivity index (χ1v) is 8.61. The number of benzene rings is 1. The lowest BCUT2D eigenvalue weighted by molar-refractivity contribution is -0.119. The number of hydrogen-bond donors (Lipinski definition) is 1. The molecule has 0 radical (unpaired) electrons. The Bertz CT molecular complexity index is 637. The van der Waals surface area contributed by atoms with Gasteiger partial charge in [-0.2, -0.15) is 0 Å². The second-order valence-electron chi connectivity index (χ2n) is 5.00. The van der Waals surface area contributed by atoms with Crippen LogP contribution in [0.1, 0.15) is 19.4 Å². The lowest BCUT2D eigenvalue weighted by Gasteiger charge is -2.15. The molecule has 0 unspecified atom stereocenters. The second kappa shape index (κ2) is 8.03. The van der Waals surface area contributed by atoms with Gasteiger partial charge in [0.2, 0.25) is 5.91 Å². The monoisotopic (exact) mass is 331 g/mol. The van der Waals surface area contributed by atoms with Gasteiger partial charge in [0.15, 0.2) is 9.84 Å². The minimum atomic E-state index is -3.52. The van der Waals surface area contributed by atoms with Crippen LogP contribution < -0.4 is 5.32 Å². The molecule has 7 heteroatoms. The minimum Gasteiger partial charge on any atom is -0.352 e. The highest BCUT2D eigenvalue weighted by atomic mass is 32.2. The largest absolute Gasteiger partial charge is 0.352 e. The molecule has 1 atom stereocenters. The van der Waals surface area contributed by atoms with Gasteiger partial charge in [-0.05, 0) is 32.4 Å². The van der Waals surface area contributed by atoms with Crippen LogP contribution in [0.3, 0.4) is 0 Å². The summed E-state index contributed by atoms with van der Waals surface area (Å²) in [6, 6.07) is 2.93. The van der Waals surface area contributed by atoms with E-state index in [9.17, 15) is 22.0 Å². The molecule has 0 bridgehead atoms. The number of hydrogen-bond acceptors (Lipinski definition) is 3. The Morgan fingerprint density at radius 3 is 2.45 bits per heavy atom. The minimum absolute atomic E-state index is 0.0564. The van der Waals surface area contributed by atoms with Crippen LogP contribution in [0.5, 0.6) is 0 Å². The number of amides is 1. The van der Waals surface area contributed by atoms with Crippen LogP contribution >= 0.6 is 0 Å². The molecule has 1 aromatic carbocycles. The van der Waals surface area contributed by atoms with Gasteiger partial charge in [-0.25, -0.2) is 17.2 Å². The number of rotatable bonds is 7. The summed E-state index contributed by atoms with van der Waals surface area (Å²) in [5.41, 5.74) is -0.132. The van der Waals surface area contributed by atoms with Gasteiger partial charge < -0.3 is 5.32 Å². The Labute approximate surface area is 129 Å². The van der Waals surface area contributed by atoms with Gasteiger partial charge in [0.1, 0.15) is 17.4 Å². The first kappa shape index (κ1) is 18.3. The maximum absolute atomic E-state index is 13.5. The molecule has 0 aliphatic heterocycles. The molecule has 122 valence electrons. The molecule has 0 aliphatic rings. The average Bonchev–Trinajstić information content (AvgIpc) is 2.40. The van der Waals surface area contributed by atoms with E-state index in [4.69, 9.17) is 0 Å². The molecular formula is C15H19F2NO3S. The van der Waals surface area contributed by atoms with E-state index in [0.717, 1.165) is 12.1 Å². The van der Waals surface area contributed by atoms with Crippen molar-refractivity contribution in [1.82, 2.24) is 5.32 Å². The molecule has 1 rings (SSSR count). The summed E-state index contributed by atoms with van der Waals surface area (Å²) in [6.45, 7) is 3.24. The van der Waals surface area contributed by atoms with Gasteiger partial charge >= 0.3 is 0 Å². The van der Waals surface area contributed by atoms with E-state index in [2.05, 4.69) is 5.32 Å². The molecule has 0 saturated heterocycles. The van der Waals surface area contributed by atoms with Gasteiger partial charge in [0.05, 0.1) is 5.75 Å². The van der Waals surface area contributed by atoms with Crippen molar-refractivity contribution in [2.45, 2.75) is 26.3 Å². The molecule has 0 fully saturated rings. The molecule has 0 aliphatic carbocycles. The van der Waals surface area contributed by atoms with Crippen molar-refractivity contribution in [3.8, 4) is 0 Å². The van der Waals surface area contributed by atoms with Crippen LogP contribution in [0.4, 0.5) is 8.78 Å². The number of nitrogens with one attached hydrogen (secondary N) is 1. The quantitative estimate of drug-likeness (QED) is 0.777. The third kappa shape index (κ3) is 5.93. The zero-order chi connectivity index (χ0) is 16.8. The zero-order valence-corrected chi connectivity index (χ0v) is 13.3. The molecule has 4 nitrogen and oxygen atoms in total. The van der Waals surface area contributed by atoms with E-state index >= 15 is 0 Å². The third-order valence-corrected chi connectivity index (χ3v) is 4.32. The van der Waals surface area contributed by atoms with Crippen LogP contribution in [0.15, 0.2) is 30.4 Å². The summed E-state index contributed by atoms with van der Waals surface area (Å²) in [6.07, 6.45) is 2.97. The molecule has 1 aromatic rings. The Morgan fingerprint density at radius 1 is 1.32 bits per heavy atom. The fourth-order valence-corrected chi connectivity index (χ4v) is 2.99. The number of halogens is 2. The first-order valence-electron chi connectivity index (χ1n) is 6.79. The van der Waals surface area contributed by atoms with Crippen molar-refractivity contribution in [2.75, 3.05) is 11.5 Å². The van der Waals surface area contributed by atoms with Crippen molar-refractivity contribution >= 4 is 15.7 Å². The number of allylic oxidation sites excluding steroid dienone is 1. The summed E-state index contributed by atoms with van der Waals surface area (Å²) >= 11 is 0. The lowest BCUT2D eigenvalue weighted by atomic mass is 10.1. The molecule has 22 heavy (non-hydrogen) atoms. The van der Waals surface area contributed by atoms with Gasteiger partial charge in [0.25, 0.3) is 0 Å². The SMILES string of the molecule is C/C=C/CS(=O)(=O)CC(=O)N[C@H](C)Cc1c(F)cccc1F. The van der Waals surface area contributed by atoms with Gasteiger partial charge in [-0.3, -0.25) is 4.79 Å². The highest BCUT2D eigenvalue weighted by molar-refractivity contribution is 7.92. The van der Waals surface area contributed by atoms with E-state index in [0.29, 0.717) is 0 Å². The van der Waals surface area contributed by atoms with Crippen LogP contribution in [0.2, 0.25) is 0 Å². The molecule has 0 spiro atoms. The summed E-state index contributed by atoms with van der Waals surface area (Å²) < 4.78 is 50.2. The average molecular weight is 331 g/mol. The molecule has 0 heterocycles. The lowest BCUT2D eigenvalue weighted by Crippen LogP contribution is -2.38. The number of carbonyl (C=O) groups excluding carboxylic acids is 1. The summed E-state index contributed by atoms with van der Waals surface area (Å²) in [5, 5.41) is 2.44. The zero-order valence-electron chi connectivity index (χ0n) is 12.5. The standard InChI is InChI=1S/C15H19F2NO3S/c1-3-4-8-22(20,21)10-15(19)18-11(2)9-12-13(16)6-5-7-14(12)17/h3-7,11H,8-10H2,1-2H3,(H,18,19)/b4-3+/t11-/m1/s1. The summed E-state index contributed by atoms with van der Waals surface area (Å²) in [5.74, 6) is -2.94. The highest BCUT2D eigenvalue weighted by Gasteiger charge is 2.18. The van der Waals surface area contributed by atoms with Crippen LogP contribution in [0.25, 0.3) is 0 Å². The Morgan fingerprint density at radius 2 is 1.91 bits per heavy atom.